The van der Waals surface area contributed by atoms with Crippen LogP contribution < -0.4 is 5.14 Å². The van der Waals surface area contributed by atoms with Gasteiger partial charge in [-0.05, 0) is 124 Å². The van der Waals surface area contributed by atoms with Crippen LogP contribution in [-0.2, 0) is 25.8 Å². The van der Waals surface area contributed by atoms with Crippen LogP contribution in [0.1, 0.15) is 83.4 Å². The van der Waals surface area contributed by atoms with Gasteiger partial charge in [-0.25, -0.2) is 18.2 Å². The molecule has 7 rings (SSSR count). The Morgan fingerprint density at radius 2 is 1.61 bits per heavy atom. The van der Waals surface area contributed by atoms with E-state index in [-0.39, 0.29) is 27.1 Å². The molecule has 11 heteroatoms. The number of rotatable bonds is 4. The lowest BCUT2D eigenvalue weighted by atomic mass is 9.47. The van der Waals surface area contributed by atoms with E-state index >= 15 is 0 Å². The fourth-order valence-electron chi connectivity index (χ4n) is 9.65. The van der Waals surface area contributed by atoms with Gasteiger partial charge < -0.3 is 0 Å². The standard InChI is InChI=1S/C21H30O2.C17H14F3N3O2S/c1-13(22)17-6-7-18-16-5-4-14-12-15(23)8-10-20(14,2)19(16)9-11-21(17,18)3;1-11-2-4-12(5-3-11)15-10-16(17(18,19)20)22-23(15)13-6-8-14(9-7-13)26(21,24)25/h12,16-19H,4-11H2,1-3H3;2-10H,1H3,(H2,21,24,25)/t16-,17+,18-,19-,20-,21+;/m0./s1. The van der Waals surface area contributed by atoms with Crippen LogP contribution in [0.15, 0.2) is 71.1 Å². The second kappa shape index (κ2) is 12.6. The minimum atomic E-state index is -4.61. The van der Waals surface area contributed by atoms with E-state index < -0.39 is 21.9 Å². The van der Waals surface area contributed by atoms with E-state index in [0.717, 1.165) is 59.7 Å². The van der Waals surface area contributed by atoms with Gasteiger partial charge in [-0.1, -0.05) is 49.2 Å². The summed E-state index contributed by atoms with van der Waals surface area (Å²) >= 11 is 0. The number of halogens is 3. The predicted octanol–water partition coefficient (Wildman–Crippen LogP) is 8.24. The van der Waals surface area contributed by atoms with E-state index in [0.29, 0.717) is 23.0 Å². The Kier molecular flexibility index (Phi) is 9.10. The first-order valence-corrected chi connectivity index (χ1v) is 18.6. The number of nitrogens with two attached hydrogens (primary N) is 1. The molecule has 7 nitrogen and oxygen atoms in total. The van der Waals surface area contributed by atoms with Gasteiger partial charge in [0.2, 0.25) is 10.0 Å². The number of allylic oxidation sites excluding steroid dienone is 1. The van der Waals surface area contributed by atoms with Gasteiger partial charge in [-0.3, -0.25) is 9.59 Å². The van der Waals surface area contributed by atoms with Crippen molar-refractivity contribution in [1.29, 1.82) is 0 Å². The number of aryl methyl sites for hydroxylation is 1. The van der Waals surface area contributed by atoms with Gasteiger partial charge in [0.25, 0.3) is 0 Å². The molecule has 3 saturated carbocycles. The zero-order valence-electron chi connectivity index (χ0n) is 28.4. The van der Waals surface area contributed by atoms with E-state index in [9.17, 15) is 31.2 Å². The van der Waals surface area contributed by atoms with Gasteiger partial charge in [0.05, 0.1) is 16.3 Å². The summed E-state index contributed by atoms with van der Waals surface area (Å²) < 4.78 is 63.2. The first-order valence-electron chi connectivity index (χ1n) is 17.0. The predicted molar refractivity (Wildman–Crippen MR) is 181 cm³/mol. The Balaban J connectivity index is 0.000000171. The van der Waals surface area contributed by atoms with Crippen molar-refractivity contribution in [1.82, 2.24) is 9.78 Å². The smallest absolute Gasteiger partial charge is 0.300 e. The fraction of sp³-hybridized carbons (Fsp3) is 0.500. The summed E-state index contributed by atoms with van der Waals surface area (Å²) in [6.07, 6.45) is 6.34. The second-order valence-corrected chi connectivity index (χ2v) is 16.5. The number of nitrogens with zero attached hydrogens (tertiary/aromatic N) is 2. The fourth-order valence-corrected chi connectivity index (χ4v) is 10.2. The first-order chi connectivity index (χ1) is 22.9. The molecule has 262 valence electrons. The molecule has 0 bridgehead atoms. The van der Waals surface area contributed by atoms with E-state index in [4.69, 9.17) is 5.14 Å². The normalized spacial score (nSPS) is 29.6. The molecule has 49 heavy (non-hydrogen) atoms. The van der Waals surface area contributed by atoms with E-state index in [1.165, 1.54) is 55.5 Å². The largest absolute Gasteiger partial charge is 0.435 e. The molecular formula is C38H44F3N3O4S. The summed E-state index contributed by atoms with van der Waals surface area (Å²) in [5, 5.41) is 8.70. The van der Waals surface area contributed by atoms with Gasteiger partial charge in [0, 0.05) is 17.9 Å². The lowest BCUT2D eigenvalue weighted by Crippen LogP contribution is -2.51. The Hall–Kier alpha value is -3.57. The number of hydrogen-bond acceptors (Lipinski definition) is 5. The van der Waals surface area contributed by atoms with Gasteiger partial charge in [-0.2, -0.15) is 18.3 Å². The van der Waals surface area contributed by atoms with Crippen molar-refractivity contribution in [3.63, 3.8) is 0 Å². The number of primary sulfonamides is 1. The molecule has 0 aliphatic heterocycles. The zero-order valence-corrected chi connectivity index (χ0v) is 29.2. The average molecular weight is 696 g/mol. The molecule has 1 aromatic heterocycles. The van der Waals surface area contributed by atoms with Gasteiger partial charge in [0.15, 0.2) is 11.5 Å². The van der Waals surface area contributed by atoms with Crippen LogP contribution >= 0.6 is 0 Å². The highest BCUT2D eigenvalue weighted by molar-refractivity contribution is 7.89. The van der Waals surface area contributed by atoms with E-state index in [1.54, 1.807) is 31.2 Å². The Morgan fingerprint density at radius 1 is 0.939 bits per heavy atom. The minimum absolute atomic E-state index is 0.138. The first kappa shape index (κ1) is 35.3. The molecule has 0 radical (unpaired) electrons. The molecular weight excluding hydrogens is 651 g/mol. The Morgan fingerprint density at radius 3 is 2.22 bits per heavy atom. The molecule has 6 atom stereocenters. The van der Waals surface area contributed by atoms with Crippen LogP contribution in [0.25, 0.3) is 16.9 Å². The molecule has 3 aromatic rings. The van der Waals surface area contributed by atoms with Crippen LogP contribution in [-0.4, -0.2) is 29.8 Å². The highest BCUT2D eigenvalue weighted by Crippen LogP contribution is 2.66. The van der Waals surface area contributed by atoms with Crippen molar-refractivity contribution >= 4 is 21.6 Å². The number of aromatic nitrogens is 2. The third-order valence-electron chi connectivity index (χ3n) is 12.2. The number of ketones is 2. The number of hydrogen-bond donors (Lipinski definition) is 1. The van der Waals surface area contributed by atoms with Crippen LogP contribution in [0.5, 0.6) is 0 Å². The summed E-state index contributed by atoms with van der Waals surface area (Å²) in [7, 11) is -3.90. The van der Waals surface area contributed by atoms with Crippen LogP contribution in [0.4, 0.5) is 13.2 Å². The van der Waals surface area contributed by atoms with Crippen LogP contribution in [0, 0.1) is 41.4 Å². The number of Topliss-reactive ketones (excluding diaryl/α,β-unsaturated/α-hetero) is 1. The van der Waals surface area contributed by atoms with Crippen molar-refractivity contribution in [3.05, 3.63) is 77.5 Å². The number of benzene rings is 2. The van der Waals surface area contributed by atoms with E-state index in [2.05, 4.69) is 18.9 Å². The summed E-state index contributed by atoms with van der Waals surface area (Å²) in [5.41, 5.74) is 2.94. The van der Waals surface area contributed by atoms with Crippen molar-refractivity contribution < 1.29 is 31.2 Å². The molecule has 3 fully saturated rings. The molecule has 4 aliphatic carbocycles. The molecule has 0 spiro atoms. The minimum Gasteiger partial charge on any atom is -0.300 e. The lowest BCUT2D eigenvalue weighted by Gasteiger charge is -2.58. The van der Waals surface area contributed by atoms with Crippen molar-refractivity contribution in [2.45, 2.75) is 90.1 Å². The Bertz CT molecular complexity index is 1900. The monoisotopic (exact) mass is 695 g/mol. The summed E-state index contributed by atoms with van der Waals surface area (Å²) in [6.45, 7) is 8.52. The third-order valence-corrected chi connectivity index (χ3v) is 13.1. The highest BCUT2D eigenvalue weighted by Gasteiger charge is 2.59. The van der Waals surface area contributed by atoms with Gasteiger partial charge in [-0.15, -0.1) is 0 Å². The third kappa shape index (κ3) is 6.56. The number of carbonyl (C=O) groups excluding carboxylic acids is 2. The number of alkyl halides is 3. The average Bonchev–Trinajstić information content (AvgIpc) is 3.64. The molecule has 4 aliphatic rings. The maximum atomic E-state index is 13.1. The van der Waals surface area contributed by atoms with Gasteiger partial charge in [0.1, 0.15) is 5.78 Å². The number of sulfonamides is 1. The SMILES string of the molecule is CC(=O)[C@H]1CC[C@H]2[C@@H]3CCC4=CC(=O)CC[C@]4(C)[C@H]3CC[C@]12C.Cc1ccc(-c2cc(C(F)(F)F)nn2-c2ccc(S(N)(=O)=O)cc2)cc1. The number of fused-ring (bicyclic) bond motifs is 5. The molecule has 1 heterocycles. The summed E-state index contributed by atoms with van der Waals surface area (Å²) in [6, 6.07) is 13.1. The highest BCUT2D eigenvalue weighted by atomic mass is 32.2. The zero-order chi connectivity index (χ0) is 35.5. The maximum absolute atomic E-state index is 13.1. The van der Waals surface area contributed by atoms with Crippen molar-refractivity contribution in [2.75, 3.05) is 0 Å². The summed E-state index contributed by atoms with van der Waals surface area (Å²) in [4.78, 5) is 23.9. The molecule has 2 aromatic carbocycles. The Labute approximate surface area is 286 Å². The second-order valence-electron chi connectivity index (χ2n) is 15.0. The molecule has 0 amide bonds. The summed E-state index contributed by atoms with van der Waals surface area (Å²) in [5.74, 6) is 3.29. The van der Waals surface area contributed by atoms with Crippen molar-refractivity contribution in [2.24, 2.45) is 39.6 Å². The quantitative estimate of drug-likeness (QED) is 0.296. The van der Waals surface area contributed by atoms with Crippen LogP contribution in [0.2, 0.25) is 0 Å². The number of carbonyl (C=O) groups is 2. The van der Waals surface area contributed by atoms with Crippen LogP contribution in [0.3, 0.4) is 0 Å². The van der Waals surface area contributed by atoms with E-state index in [1.807, 2.05) is 13.0 Å². The lowest BCUT2D eigenvalue weighted by molar-refractivity contribution is -0.141. The maximum Gasteiger partial charge on any atom is 0.435 e. The van der Waals surface area contributed by atoms with Gasteiger partial charge >= 0.3 is 6.18 Å². The molecule has 0 saturated heterocycles. The van der Waals surface area contributed by atoms with Crippen molar-refractivity contribution in [3.8, 4) is 16.9 Å². The molecule has 2 N–H and O–H groups in total. The topological polar surface area (TPSA) is 112 Å². The molecule has 0 unspecified atom stereocenters.